The molecule has 0 aliphatic heterocycles. The Labute approximate surface area is 133 Å². The smallest absolute Gasteiger partial charge is 0.193 e. The topological polar surface area (TPSA) is 59.6 Å². The van der Waals surface area contributed by atoms with Gasteiger partial charge in [0.15, 0.2) is 5.96 Å². The second-order valence-electron chi connectivity index (χ2n) is 4.58. The average Bonchev–Trinajstić information content (AvgIpc) is 2.49. The Bertz CT molecular complexity index is 601. The first-order chi connectivity index (χ1) is 10.1. The second-order valence-corrected chi connectivity index (χ2v) is 5.43. The largest absolute Gasteiger partial charge is 0.488 e. The zero-order valence-electron chi connectivity index (χ0n) is 11.8. The van der Waals surface area contributed by atoms with Crippen LogP contribution >= 0.6 is 15.9 Å². The normalized spacial score (nSPS) is 12.8. The van der Waals surface area contributed by atoms with E-state index in [9.17, 15) is 0 Å². The second kappa shape index (κ2) is 7.69. The number of para-hydroxylation sites is 2. The van der Waals surface area contributed by atoms with E-state index in [1.807, 2.05) is 61.5 Å². The van der Waals surface area contributed by atoms with Gasteiger partial charge in [0.1, 0.15) is 11.9 Å². The molecule has 2 aromatic carbocycles. The fraction of sp³-hybridized carbons (Fsp3) is 0.188. The van der Waals surface area contributed by atoms with E-state index in [2.05, 4.69) is 26.2 Å². The van der Waals surface area contributed by atoms with Gasteiger partial charge in [-0.2, -0.15) is 0 Å². The van der Waals surface area contributed by atoms with Gasteiger partial charge >= 0.3 is 0 Å². The molecule has 0 aliphatic rings. The highest BCUT2D eigenvalue weighted by atomic mass is 79.9. The summed E-state index contributed by atoms with van der Waals surface area (Å²) in [6.45, 7) is 2.44. The third-order valence-corrected chi connectivity index (χ3v) is 3.38. The molecule has 2 aromatic rings. The first-order valence-electron chi connectivity index (χ1n) is 6.68. The summed E-state index contributed by atoms with van der Waals surface area (Å²) in [5, 5.41) is 3.04. The SMILES string of the molecule is CC(CN=C(N)Nc1ccccc1)Oc1ccccc1Br. The quantitative estimate of drug-likeness (QED) is 0.641. The summed E-state index contributed by atoms with van der Waals surface area (Å²) >= 11 is 3.45. The molecule has 1 unspecified atom stereocenters. The summed E-state index contributed by atoms with van der Waals surface area (Å²) in [4.78, 5) is 4.29. The van der Waals surface area contributed by atoms with Gasteiger partial charge in [-0.05, 0) is 47.1 Å². The fourth-order valence-corrected chi connectivity index (χ4v) is 2.11. The van der Waals surface area contributed by atoms with Crippen LogP contribution in [0.2, 0.25) is 0 Å². The standard InChI is InChI=1S/C16H18BrN3O/c1-12(21-15-10-6-5-9-14(15)17)11-19-16(18)20-13-7-3-2-4-8-13/h2-10,12H,11H2,1H3,(H3,18,19,20). The number of halogens is 1. The number of hydrogen-bond acceptors (Lipinski definition) is 2. The lowest BCUT2D eigenvalue weighted by molar-refractivity contribution is 0.229. The molecule has 4 nitrogen and oxygen atoms in total. The number of nitrogens with one attached hydrogen (secondary N) is 1. The van der Waals surface area contributed by atoms with E-state index in [-0.39, 0.29) is 6.10 Å². The van der Waals surface area contributed by atoms with E-state index >= 15 is 0 Å². The van der Waals surface area contributed by atoms with Crippen LogP contribution in [0.1, 0.15) is 6.92 Å². The van der Waals surface area contributed by atoms with Gasteiger partial charge in [0, 0.05) is 5.69 Å². The maximum atomic E-state index is 5.85. The zero-order valence-corrected chi connectivity index (χ0v) is 13.4. The van der Waals surface area contributed by atoms with E-state index in [0.29, 0.717) is 12.5 Å². The summed E-state index contributed by atoms with van der Waals surface area (Å²) < 4.78 is 6.74. The number of hydrogen-bond donors (Lipinski definition) is 2. The van der Waals surface area contributed by atoms with Crippen LogP contribution in [-0.2, 0) is 0 Å². The number of ether oxygens (including phenoxy) is 1. The number of rotatable bonds is 5. The Morgan fingerprint density at radius 3 is 2.57 bits per heavy atom. The molecule has 0 fully saturated rings. The number of nitrogens with two attached hydrogens (primary N) is 1. The lowest BCUT2D eigenvalue weighted by Gasteiger charge is -2.14. The highest BCUT2D eigenvalue weighted by Gasteiger charge is 2.06. The molecule has 5 heteroatoms. The van der Waals surface area contributed by atoms with Crippen molar-refractivity contribution in [3.05, 3.63) is 59.1 Å². The number of anilines is 1. The van der Waals surface area contributed by atoms with Crippen LogP contribution in [0.3, 0.4) is 0 Å². The van der Waals surface area contributed by atoms with Crippen LogP contribution in [0.15, 0.2) is 64.1 Å². The molecular formula is C16H18BrN3O. The fourth-order valence-electron chi connectivity index (χ4n) is 1.73. The number of guanidine groups is 1. The monoisotopic (exact) mass is 347 g/mol. The van der Waals surface area contributed by atoms with E-state index in [1.54, 1.807) is 0 Å². The van der Waals surface area contributed by atoms with Crippen LogP contribution in [0.4, 0.5) is 5.69 Å². The summed E-state index contributed by atoms with van der Waals surface area (Å²) in [6, 6.07) is 17.4. The van der Waals surface area contributed by atoms with Gasteiger partial charge in [-0.1, -0.05) is 30.3 Å². The van der Waals surface area contributed by atoms with Gasteiger partial charge in [0.25, 0.3) is 0 Å². The molecule has 0 amide bonds. The molecule has 0 aromatic heterocycles. The molecule has 0 bridgehead atoms. The van der Waals surface area contributed by atoms with Crippen LogP contribution in [0.5, 0.6) is 5.75 Å². The highest BCUT2D eigenvalue weighted by Crippen LogP contribution is 2.24. The molecule has 0 heterocycles. The number of aliphatic imine (C=N–C) groups is 1. The van der Waals surface area contributed by atoms with Crippen LogP contribution in [0, 0.1) is 0 Å². The minimum atomic E-state index is -0.0696. The first-order valence-corrected chi connectivity index (χ1v) is 7.47. The molecule has 110 valence electrons. The third-order valence-electron chi connectivity index (χ3n) is 2.73. The lowest BCUT2D eigenvalue weighted by atomic mass is 10.3. The van der Waals surface area contributed by atoms with Crippen molar-refractivity contribution in [2.45, 2.75) is 13.0 Å². The summed E-state index contributed by atoms with van der Waals surface area (Å²) in [7, 11) is 0. The van der Waals surface area contributed by atoms with Crippen molar-refractivity contribution in [1.82, 2.24) is 0 Å². The maximum Gasteiger partial charge on any atom is 0.193 e. The van der Waals surface area contributed by atoms with Gasteiger partial charge < -0.3 is 15.8 Å². The van der Waals surface area contributed by atoms with Gasteiger partial charge in [0.05, 0.1) is 11.0 Å². The van der Waals surface area contributed by atoms with Crippen molar-refractivity contribution in [3.8, 4) is 5.75 Å². The molecule has 3 N–H and O–H groups in total. The predicted molar refractivity (Wildman–Crippen MR) is 90.8 cm³/mol. The summed E-state index contributed by atoms with van der Waals surface area (Å²) in [5.74, 6) is 1.18. The van der Waals surface area contributed by atoms with E-state index in [4.69, 9.17) is 10.5 Å². The summed E-state index contributed by atoms with van der Waals surface area (Å²) in [6.07, 6.45) is -0.0696. The van der Waals surface area contributed by atoms with Crippen molar-refractivity contribution in [2.24, 2.45) is 10.7 Å². The molecular weight excluding hydrogens is 330 g/mol. The molecule has 0 saturated carbocycles. The Morgan fingerprint density at radius 1 is 1.19 bits per heavy atom. The van der Waals surface area contributed by atoms with Crippen molar-refractivity contribution < 1.29 is 4.74 Å². The van der Waals surface area contributed by atoms with Crippen molar-refractivity contribution in [2.75, 3.05) is 11.9 Å². The van der Waals surface area contributed by atoms with Crippen molar-refractivity contribution >= 4 is 27.6 Å². The molecule has 0 spiro atoms. The minimum Gasteiger partial charge on any atom is -0.488 e. The van der Waals surface area contributed by atoms with Crippen LogP contribution < -0.4 is 15.8 Å². The number of benzene rings is 2. The minimum absolute atomic E-state index is 0.0696. The Morgan fingerprint density at radius 2 is 1.86 bits per heavy atom. The van der Waals surface area contributed by atoms with Gasteiger partial charge in [-0.25, -0.2) is 4.99 Å². The lowest BCUT2D eigenvalue weighted by Crippen LogP contribution is -2.25. The van der Waals surface area contributed by atoms with Crippen LogP contribution in [0.25, 0.3) is 0 Å². The van der Waals surface area contributed by atoms with Gasteiger partial charge in [0.2, 0.25) is 0 Å². The molecule has 2 rings (SSSR count). The van der Waals surface area contributed by atoms with Crippen molar-refractivity contribution in [1.29, 1.82) is 0 Å². The first kappa shape index (κ1) is 15.4. The van der Waals surface area contributed by atoms with Gasteiger partial charge in [-0.15, -0.1) is 0 Å². The number of nitrogens with zero attached hydrogens (tertiary/aromatic N) is 1. The van der Waals surface area contributed by atoms with E-state index in [0.717, 1.165) is 15.9 Å². The zero-order chi connectivity index (χ0) is 15.1. The molecule has 1 atom stereocenters. The van der Waals surface area contributed by atoms with Crippen LogP contribution in [-0.4, -0.2) is 18.6 Å². The van der Waals surface area contributed by atoms with Gasteiger partial charge in [-0.3, -0.25) is 0 Å². The Hall–Kier alpha value is -2.01. The Kier molecular flexibility index (Phi) is 5.63. The summed E-state index contributed by atoms with van der Waals surface area (Å²) in [5.41, 5.74) is 6.77. The average molecular weight is 348 g/mol. The predicted octanol–water partition coefficient (Wildman–Crippen LogP) is 3.64. The maximum absolute atomic E-state index is 5.85. The third kappa shape index (κ3) is 5.11. The molecule has 0 radical (unpaired) electrons. The Balaban J connectivity index is 1.86. The molecule has 0 aliphatic carbocycles. The van der Waals surface area contributed by atoms with Crippen molar-refractivity contribution in [3.63, 3.8) is 0 Å². The van der Waals surface area contributed by atoms with E-state index in [1.165, 1.54) is 0 Å². The molecule has 21 heavy (non-hydrogen) atoms. The van der Waals surface area contributed by atoms with E-state index < -0.39 is 0 Å². The molecule has 0 saturated heterocycles. The highest BCUT2D eigenvalue weighted by molar-refractivity contribution is 9.10.